The van der Waals surface area contributed by atoms with Gasteiger partial charge in [0.25, 0.3) is 5.91 Å². The number of carbonyl (C=O) groups excluding carboxylic acids is 1. The lowest BCUT2D eigenvalue weighted by Gasteiger charge is -2.09. The first kappa shape index (κ1) is 24.3. The molecule has 34 heavy (non-hydrogen) atoms. The molecular formula is C25H18Br2N2O4S. The Morgan fingerprint density at radius 1 is 1.12 bits per heavy atom. The van der Waals surface area contributed by atoms with Gasteiger partial charge in [-0.25, -0.2) is 9.79 Å². The van der Waals surface area contributed by atoms with Crippen LogP contribution in [0.3, 0.4) is 0 Å². The molecule has 1 aliphatic rings. The van der Waals surface area contributed by atoms with Crippen molar-refractivity contribution < 1.29 is 19.4 Å². The molecule has 0 unspecified atom stereocenters. The number of likely N-dealkylation sites (N-methyl/N-ethyl adjacent to an activating group) is 1. The van der Waals surface area contributed by atoms with Crippen molar-refractivity contribution in [1.29, 1.82) is 0 Å². The number of nitrogens with zero attached hydrogens (tertiary/aromatic N) is 2. The number of carboxylic acid groups (broad SMARTS) is 1. The van der Waals surface area contributed by atoms with Gasteiger partial charge < -0.3 is 9.84 Å². The normalized spacial score (nSPS) is 15.9. The number of ether oxygens (including phenoxy) is 1. The Labute approximate surface area is 217 Å². The van der Waals surface area contributed by atoms with Crippen LogP contribution in [0.2, 0.25) is 0 Å². The Kier molecular flexibility index (Phi) is 7.55. The summed E-state index contributed by atoms with van der Waals surface area (Å²) in [7, 11) is 1.64. The van der Waals surface area contributed by atoms with Crippen LogP contribution in [-0.2, 0) is 11.4 Å². The standard InChI is InChI=1S/C25H18Br2N2O4S/c1-29-23(30)22(34-25(29)28-19-4-2-3-17(13-19)24(31)32)12-16-7-10-21(20(27)11-16)33-14-15-5-8-18(26)9-6-15/h2-13H,14H2,1H3,(H,31,32). The van der Waals surface area contributed by atoms with Gasteiger partial charge >= 0.3 is 5.97 Å². The highest BCUT2D eigenvalue weighted by molar-refractivity contribution is 9.10. The van der Waals surface area contributed by atoms with E-state index in [0.717, 1.165) is 20.1 Å². The number of benzene rings is 3. The summed E-state index contributed by atoms with van der Waals surface area (Å²) in [6.45, 7) is 0.439. The van der Waals surface area contributed by atoms with Crippen molar-refractivity contribution in [2.75, 3.05) is 7.05 Å². The fraction of sp³-hybridized carbons (Fsp3) is 0.0800. The number of rotatable bonds is 6. The predicted octanol–water partition coefficient (Wildman–Crippen LogP) is 6.72. The third-order valence-electron chi connectivity index (χ3n) is 4.88. The van der Waals surface area contributed by atoms with Gasteiger partial charge in [0, 0.05) is 11.5 Å². The number of hydrogen-bond acceptors (Lipinski definition) is 5. The highest BCUT2D eigenvalue weighted by Crippen LogP contribution is 2.35. The van der Waals surface area contributed by atoms with E-state index >= 15 is 0 Å². The lowest BCUT2D eigenvalue weighted by molar-refractivity contribution is -0.121. The van der Waals surface area contributed by atoms with Crippen molar-refractivity contribution in [2.45, 2.75) is 6.61 Å². The lowest BCUT2D eigenvalue weighted by Crippen LogP contribution is -2.23. The van der Waals surface area contributed by atoms with Gasteiger partial charge in [-0.05, 0) is 87.4 Å². The Bertz CT molecular complexity index is 1320. The van der Waals surface area contributed by atoms with E-state index in [2.05, 4.69) is 36.9 Å². The van der Waals surface area contributed by atoms with Gasteiger partial charge in [-0.2, -0.15) is 0 Å². The zero-order chi connectivity index (χ0) is 24.2. The zero-order valence-corrected chi connectivity index (χ0v) is 21.9. The second kappa shape index (κ2) is 10.6. The van der Waals surface area contributed by atoms with Gasteiger partial charge in [0.15, 0.2) is 5.17 Å². The molecule has 3 aromatic carbocycles. The number of amidine groups is 1. The van der Waals surface area contributed by atoms with Gasteiger partial charge in [-0.1, -0.05) is 40.2 Å². The minimum Gasteiger partial charge on any atom is -0.488 e. The molecule has 0 aliphatic carbocycles. The summed E-state index contributed by atoms with van der Waals surface area (Å²) in [5.74, 6) is -0.501. The first-order chi connectivity index (χ1) is 16.3. The fourth-order valence-electron chi connectivity index (χ4n) is 3.09. The minimum absolute atomic E-state index is 0.141. The lowest BCUT2D eigenvalue weighted by atomic mass is 10.2. The van der Waals surface area contributed by atoms with Gasteiger partial charge in [-0.15, -0.1) is 0 Å². The molecule has 1 aliphatic heterocycles. The van der Waals surface area contributed by atoms with Crippen LogP contribution in [0.15, 0.2) is 85.6 Å². The summed E-state index contributed by atoms with van der Waals surface area (Å²) in [6, 6.07) is 19.8. The van der Waals surface area contributed by atoms with E-state index in [1.807, 2.05) is 42.5 Å². The second-order valence-electron chi connectivity index (χ2n) is 7.33. The first-order valence-corrected chi connectivity index (χ1v) is 12.5. The summed E-state index contributed by atoms with van der Waals surface area (Å²) in [5, 5.41) is 9.65. The Hall–Kier alpha value is -2.88. The number of carboxylic acids is 1. The smallest absolute Gasteiger partial charge is 0.335 e. The molecule has 0 saturated carbocycles. The highest BCUT2D eigenvalue weighted by atomic mass is 79.9. The molecule has 4 rings (SSSR count). The van der Waals surface area contributed by atoms with Gasteiger partial charge in [-0.3, -0.25) is 9.69 Å². The molecule has 0 bridgehead atoms. The molecule has 1 N–H and O–H groups in total. The van der Waals surface area contributed by atoms with E-state index in [1.54, 1.807) is 25.3 Å². The number of hydrogen-bond donors (Lipinski definition) is 1. The maximum absolute atomic E-state index is 12.7. The summed E-state index contributed by atoms with van der Waals surface area (Å²) in [6.07, 6.45) is 1.79. The molecule has 1 amide bonds. The average molecular weight is 602 g/mol. The Morgan fingerprint density at radius 2 is 1.88 bits per heavy atom. The Morgan fingerprint density at radius 3 is 2.59 bits per heavy atom. The SMILES string of the molecule is CN1C(=O)C(=Cc2ccc(OCc3ccc(Br)cc3)c(Br)c2)SC1=Nc1cccc(C(=O)O)c1. The quantitative estimate of drug-likeness (QED) is 0.317. The zero-order valence-electron chi connectivity index (χ0n) is 17.9. The maximum Gasteiger partial charge on any atom is 0.335 e. The molecule has 3 aromatic rings. The van der Waals surface area contributed by atoms with Crippen molar-refractivity contribution in [3.05, 3.63) is 97.3 Å². The number of halogens is 2. The van der Waals surface area contributed by atoms with E-state index in [0.29, 0.717) is 28.1 Å². The summed E-state index contributed by atoms with van der Waals surface area (Å²) < 4.78 is 7.71. The summed E-state index contributed by atoms with van der Waals surface area (Å²) in [5.41, 5.74) is 2.50. The third-order valence-corrected chi connectivity index (χ3v) is 7.09. The van der Waals surface area contributed by atoms with E-state index in [4.69, 9.17) is 4.74 Å². The van der Waals surface area contributed by atoms with E-state index < -0.39 is 5.97 Å². The van der Waals surface area contributed by atoms with Crippen LogP contribution >= 0.6 is 43.6 Å². The van der Waals surface area contributed by atoms with Crippen LogP contribution in [0.25, 0.3) is 6.08 Å². The number of aromatic carboxylic acids is 1. The van der Waals surface area contributed by atoms with Crippen LogP contribution in [0, 0.1) is 0 Å². The molecule has 0 spiro atoms. The average Bonchev–Trinajstić information content (AvgIpc) is 3.07. The number of amides is 1. The van der Waals surface area contributed by atoms with E-state index in [9.17, 15) is 14.7 Å². The van der Waals surface area contributed by atoms with Crippen molar-refractivity contribution in [3.63, 3.8) is 0 Å². The molecule has 1 saturated heterocycles. The van der Waals surface area contributed by atoms with Crippen molar-refractivity contribution in [2.24, 2.45) is 4.99 Å². The minimum atomic E-state index is -1.03. The summed E-state index contributed by atoms with van der Waals surface area (Å²) >= 11 is 8.21. The van der Waals surface area contributed by atoms with Crippen molar-refractivity contribution in [1.82, 2.24) is 4.90 Å². The molecule has 6 nitrogen and oxygen atoms in total. The first-order valence-electron chi connectivity index (χ1n) is 10.1. The predicted molar refractivity (Wildman–Crippen MR) is 141 cm³/mol. The van der Waals surface area contributed by atoms with Crippen LogP contribution in [0.4, 0.5) is 5.69 Å². The molecule has 0 radical (unpaired) electrons. The van der Waals surface area contributed by atoms with Gasteiger partial charge in [0.05, 0.1) is 20.6 Å². The topological polar surface area (TPSA) is 79.2 Å². The fourth-order valence-corrected chi connectivity index (χ4v) is 4.85. The molecule has 1 heterocycles. The van der Waals surface area contributed by atoms with Gasteiger partial charge in [0.2, 0.25) is 0 Å². The molecule has 0 aromatic heterocycles. The van der Waals surface area contributed by atoms with Crippen LogP contribution in [-0.4, -0.2) is 34.1 Å². The Balaban J connectivity index is 1.49. The summed E-state index contributed by atoms with van der Waals surface area (Å²) in [4.78, 5) is 30.4. The molecule has 1 fully saturated rings. The van der Waals surface area contributed by atoms with Crippen LogP contribution < -0.4 is 4.74 Å². The monoisotopic (exact) mass is 600 g/mol. The van der Waals surface area contributed by atoms with Crippen LogP contribution in [0.5, 0.6) is 5.75 Å². The second-order valence-corrected chi connectivity index (χ2v) is 10.1. The molecular weight excluding hydrogens is 584 g/mol. The van der Waals surface area contributed by atoms with Gasteiger partial charge in [0.1, 0.15) is 12.4 Å². The van der Waals surface area contributed by atoms with Crippen LogP contribution in [0.1, 0.15) is 21.5 Å². The number of thioether (sulfide) groups is 1. The van der Waals surface area contributed by atoms with E-state index in [-0.39, 0.29) is 11.5 Å². The number of aliphatic imine (C=N–C) groups is 1. The van der Waals surface area contributed by atoms with E-state index in [1.165, 1.54) is 28.8 Å². The molecule has 0 atom stereocenters. The number of carbonyl (C=O) groups is 2. The maximum atomic E-state index is 12.7. The largest absolute Gasteiger partial charge is 0.488 e. The molecule has 9 heteroatoms. The highest BCUT2D eigenvalue weighted by Gasteiger charge is 2.30. The third kappa shape index (κ3) is 5.78. The van der Waals surface area contributed by atoms with Crippen molar-refractivity contribution in [3.8, 4) is 5.75 Å². The van der Waals surface area contributed by atoms with Crippen molar-refractivity contribution >= 4 is 72.4 Å². The molecule has 172 valence electrons.